The molecule has 0 rings (SSSR count). The van der Waals surface area contributed by atoms with Crippen molar-refractivity contribution in [3.05, 3.63) is 6.92 Å². The molecule has 0 saturated carbocycles. The third-order valence-corrected chi connectivity index (χ3v) is 2.67. The average Bonchev–Trinajstić information content (AvgIpc) is 2.04. The van der Waals surface area contributed by atoms with Crippen molar-refractivity contribution < 1.29 is 0 Å². The van der Waals surface area contributed by atoms with Crippen molar-refractivity contribution in [2.45, 2.75) is 59.3 Å². The summed E-state index contributed by atoms with van der Waals surface area (Å²) in [6.07, 6.45) is 8.08. The Balaban J connectivity index is 3.18. The number of rotatable bonds is 7. The maximum absolute atomic E-state index is 4.10. The first-order valence-electron chi connectivity index (χ1n) is 5.53. The molecule has 0 saturated heterocycles. The van der Waals surface area contributed by atoms with E-state index >= 15 is 0 Å². The standard InChI is InChI=1S/C12H25/c1-5-8-12(4)10-7-9-11(3)6-2/h11-12H,3,5-10H2,1-2,4H3. The maximum Gasteiger partial charge on any atom is -0.0417 e. The summed E-state index contributed by atoms with van der Waals surface area (Å²) < 4.78 is 0. The van der Waals surface area contributed by atoms with Crippen molar-refractivity contribution in [2.24, 2.45) is 11.8 Å². The van der Waals surface area contributed by atoms with E-state index in [1.54, 1.807) is 0 Å². The lowest BCUT2D eigenvalue weighted by molar-refractivity contribution is 0.431. The van der Waals surface area contributed by atoms with Crippen molar-refractivity contribution in [1.29, 1.82) is 0 Å². The highest BCUT2D eigenvalue weighted by atomic mass is 14.1. The Hall–Kier alpha value is 0. The summed E-state index contributed by atoms with van der Waals surface area (Å²) in [5.41, 5.74) is 0. The molecule has 0 aromatic heterocycles. The lowest BCUT2D eigenvalue weighted by Gasteiger charge is -2.11. The fourth-order valence-corrected chi connectivity index (χ4v) is 1.60. The van der Waals surface area contributed by atoms with Gasteiger partial charge in [0.1, 0.15) is 0 Å². The van der Waals surface area contributed by atoms with Gasteiger partial charge in [0.25, 0.3) is 0 Å². The normalized spacial score (nSPS) is 16.0. The molecule has 73 valence electrons. The second-order valence-electron chi connectivity index (χ2n) is 4.10. The molecule has 0 aliphatic carbocycles. The molecular weight excluding hydrogens is 144 g/mol. The summed E-state index contributed by atoms with van der Waals surface area (Å²) >= 11 is 0. The van der Waals surface area contributed by atoms with Gasteiger partial charge in [0.2, 0.25) is 0 Å². The van der Waals surface area contributed by atoms with Gasteiger partial charge < -0.3 is 0 Å². The number of hydrogen-bond donors (Lipinski definition) is 0. The van der Waals surface area contributed by atoms with Crippen LogP contribution in [0.4, 0.5) is 0 Å². The van der Waals surface area contributed by atoms with E-state index in [-0.39, 0.29) is 0 Å². The van der Waals surface area contributed by atoms with Crippen LogP contribution in [-0.2, 0) is 0 Å². The Labute approximate surface area is 78.8 Å². The van der Waals surface area contributed by atoms with Gasteiger partial charge in [-0.3, -0.25) is 0 Å². The van der Waals surface area contributed by atoms with Gasteiger partial charge in [-0.2, -0.15) is 0 Å². The Morgan fingerprint density at radius 3 is 2.25 bits per heavy atom. The molecule has 0 spiro atoms. The monoisotopic (exact) mass is 169 g/mol. The van der Waals surface area contributed by atoms with E-state index in [4.69, 9.17) is 0 Å². The van der Waals surface area contributed by atoms with Crippen LogP contribution in [0.15, 0.2) is 0 Å². The molecule has 0 aliphatic rings. The van der Waals surface area contributed by atoms with Gasteiger partial charge in [-0.1, -0.05) is 66.2 Å². The summed E-state index contributed by atoms with van der Waals surface area (Å²) in [5, 5.41) is 0. The molecule has 0 aromatic rings. The second-order valence-corrected chi connectivity index (χ2v) is 4.10. The largest absolute Gasteiger partial charge is 0.0654 e. The van der Waals surface area contributed by atoms with Gasteiger partial charge in [0, 0.05) is 0 Å². The Morgan fingerprint density at radius 1 is 1.08 bits per heavy atom. The van der Waals surface area contributed by atoms with Gasteiger partial charge in [-0.15, -0.1) is 0 Å². The van der Waals surface area contributed by atoms with Gasteiger partial charge in [-0.25, -0.2) is 0 Å². The molecule has 0 amide bonds. The average molecular weight is 169 g/mol. The topological polar surface area (TPSA) is 0 Å². The fourth-order valence-electron chi connectivity index (χ4n) is 1.60. The highest BCUT2D eigenvalue weighted by Gasteiger charge is 2.02. The van der Waals surface area contributed by atoms with Crippen LogP contribution in [0.5, 0.6) is 0 Å². The molecule has 2 unspecified atom stereocenters. The molecule has 0 N–H and O–H groups in total. The lowest BCUT2D eigenvalue weighted by Crippen LogP contribution is -1.97. The van der Waals surface area contributed by atoms with Gasteiger partial charge in [0.15, 0.2) is 0 Å². The van der Waals surface area contributed by atoms with E-state index in [1.807, 2.05) is 0 Å². The highest BCUT2D eigenvalue weighted by Crippen LogP contribution is 2.17. The van der Waals surface area contributed by atoms with Crippen molar-refractivity contribution >= 4 is 0 Å². The fraction of sp³-hybridized carbons (Fsp3) is 0.917. The molecular formula is C12H25. The van der Waals surface area contributed by atoms with E-state index in [1.165, 1.54) is 38.5 Å². The minimum absolute atomic E-state index is 0.693. The highest BCUT2D eigenvalue weighted by molar-refractivity contribution is 4.60. The first-order valence-corrected chi connectivity index (χ1v) is 5.53. The third kappa shape index (κ3) is 6.69. The molecule has 1 radical (unpaired) electrons. The van der Waals surface area contributed by atoms with Gasteiger partial charge >= 0.3 is 0 Å². The molecule has 0 heteroatoms. The van der Waals surface area contributed by atoms with E-state index in [0.717, 1.165) is 5.92 Å². The lowest BCUT2D eigenvalue weighted by atomic mass is 9.95. The smallest absolute Gasteiger partial charge is 0.0417 e. The Kier molecular flexibility index (Phi) is 7.64. The van der Waals surface area contributed by atoms with Crippen LogP contribution in [0.1, 0.15) is 59.3 Å². The molecule has 2 atom stereocenters. The molecule has 0 bridgehead atoms. The molecule has 0 aromatic carbocycles. The summed E-state index contributed by atoms with van der Waals surface area (Å²) in [6.45, 7) is 11.0. The zero-order valence-electron chi connectivity index (χ0n) is 9.10. The van der Waals surface area contributed by atoms with Crippen molar-refractivity contribution in [1.82, 2.24) is 0 Å². The quantitative estimate of drug-likeness (QED) is 0.528. The second kappa shape index (κ2) is 7.64. The van der Waals surface area contributed by atoms with E-state index < -0.39 is 0 Å². The van der Waals surface area contributed by atoms with Crippen LogP contribution in [-0.4, -0.2) is 0 Å². The molecule has 0 aliphatic heterocycles. The Bertz CT molecular complexity index is 86.0. The maximum atomic E-state index is 4.10. The SMILES string of the molecule is [CH2]C(CC)CCCC(C)CCC. The molecule has 0 heterocycles. The van der Waals surface area contributed by atoms with Crippen molar-refractivity contribution in [2.75, 3.05) is 0 Å². The molecule has 12 heavy (non-hydrogen) atoms. The van der Waals surface area contributed by atoms with Gasteiger partial charge in [-0.05, 0) is 11.8 Å². The van der Waals surface area contributed by atoms with E-state index in [2.05, 4.69) is 27.7 Å². The first-order chi connectivity index (χ1) is 5.70. The Morgan fingerprint density at radius 2 is 1.75 bits per heavy atom. The molecule has 0 fully saturated rings. The van der Waals surface area contributed by atoms with E-state index in [9.17, 15) is 0 Å². The van der Waals surface area contributed by atoms with Crippen LogP contribution in [0, 0.1) is 18.8 Å². The summed E-state index contributed by atoms with van der Waals surface area (Å²) in [4.78, 5) is 0. The van der Waals surface area contributed by atoms with Crippen LogP contribution < -0.4 is 0 Å². The van der Waals surface area contributed by atoms with Crippen LogP contribution in [0.25, 0.3) is 0 Å². The first kappa shape index (κ1) is 12.0. The van der Waals surface area contributed by atoms with Crippen molar-refractivity contribution in [3.63, 3.8) is 0 Å². The number of hydrogen-bond acceptors (Lipinski definition) is 0. The van der Waals surface area contributed by atoms with Crippen molar-refractivity contribution in [3.8, 4) is 0 Å². The predicted octanol–water partition coefficient (Wildman–Crippen LogP) is 4.45. The molecule has 0 nitrogen and oxygen atoms in total. The van der Waals surface area contributed by atoms with Crippen LogP contribution >= 0.6 is 0 Å². The third-order valence-electron chi connectivity index (χ3n) is 2.67. The minimum atomic E-state index is 0.693. The summed E-state index contributed by atoms with van der Waals surface area (Å²) in [5.74, 6) is 1.62. The summed E-state index contributed by atoms with van der Waals surface area (Å²) in [6, 6.07) is 0. The zero-order chi connectivity index (χ0) is 9.40. The van der Waals surface area contributed by atoms with Crippen LogP contribution in [0.3, 0.4) is 0 Å². The minimum Gasteiger partial charge on any atom is -0.0654 e. The van der Waals surface area contributed by atoms with Gasteiger partial charge in [0.05, 0.1) is 0 Å². The van der Waals surface area contributed by atoms with E-state index in [0.29, 0.717) is 5.92 Å². The predicted molar refractivity (Wildman–Crippen MR) is 57.1 cm³/mol. The summed E-state index contributed by atoms with van der Waals surface area (Å²) in [7, 11) is 0. The van der Waals surface area contributed by atoms with Crippen LogP contribution in [0.2, 0.25) is 0 Å². The zero-order valence-corrected chi connectivity index (χ0v) is 9.10.